The van der Waals surface area contributed by atoms with E-state index in [0.29, 0.717) is 0 Å². The molecule has 2 rings (SSSR count). The van der Waals surface area contributed by atoms with Gasteiger partial charge in [-0.3, -0.25) is 4.79 Å². The van der Waals surface area contributed by atoms with Crippen LogP contribution in [0.2, 0.25) is 0 Å². The van der Waals surface area contributed by atoms with Crippen molar-refractivity contribution in [1.29, 1.82) is 0 Å². The molecule has 1 amide bonds. The third-order valence-electron chi connectivity index (χ3n) is 3.77. The van der Waals surface area contributed by atoms with Gasteiger partial charge in [-0.15, -0.1) is 0 Å². The van der Waals surface area contributed by atoms with Crippen LogP contribution in [0.4, 0.5) is 0 Å². The number of aliphatic hydroxyl groups is 2. The average Bonchev–Trinajstić information content (AvgIpc) is 2.55. The Morgan fingerprint density at radius 3 is 2.57 bits per heavy atom. The number of amides is 1. The summed E-state index contributed by atoms with van der Waals surface area (Å²) in [6.45, 7) is 1.31. The van der Waals surface area contributed by atoms with E-state index in [1.165, 1.54) is 14.0 Å². The molecule has 0 saturated carbocycles. The molecule has 0 radical (unpaired) electrons. The molecule has 1 fully saturated rings. The fraction of sp³-hybridized carbons (Fsp3) is 0.562. The molecular weight excluding hydrogens is 302 g/mol. The average molecular weight is 325 g/mol. The minimum absolute atomic E-state index is 0.284. The highest BCUT2D eigenvalue weighted by molar-refractivity contribution is 5.73. The maximum atomic E-state index is 11.4. The molecule has 1 aromatic carbocycles. The maximum Gasteiger partial charge on any atom is 0.217 e. The minimum atomic E-state index is -1.29. The number of carbonyl (C=O) groups excluding carboxylic acids is 1. The molecule has 1 aliphatic heterocycles. The summed E-state index contributed by atoms with van der Waals surface area (Å²) in [5.74, 6) is -0.316. The van der Waals surface area contributed by atoms with Crippen molar-refractivity contribution in [2.45, 2.75) is 44.2 Å². The van der Waals surface area contributed by atoms with Gasteiger partial charge < -0.3 is 29.7 Å². The van der Waals surface area contributed by atoms with Crippen LogP contribution in [0, 0.1) is 0 Å². The van der Waals surface area contributed by atoms with Gasteiger partial charge in [0, 0.05) is 14.0 Å². The highest BCUT2D eigenvalue weighted by Crippen LogP contribution is 2.25. The van der Waals surface area contributed by atoms with Gasteiger partial charge in [0.05, 0.1) is 13.2 Å². The predicted octanol–water partition coefficient (Wildman–Crippen LogP) is -0.199. The number of carbonyl (C=O) groups is 1. The first-order valence-electron chi connectivity index (χ1n) is 7.46. The highest BCUT2D eigenvalue weighted by Gasteiger charge is 2.46. The van der Waals surface area contributed by atoms with E-state index in [-0.39, 0.29) is 19.1 Å². The summed E-state index contributed by atoms with van der Waals surface area (Å²) in [6.07, 6.45) is -3.31. The van der Waals surface area contributed by atoms with E-state index in [4.69, 9.17) is 14.2 Å². The van der Waals surface area contributed by atoms with Crippen molar-refractivity contribution in [2.24, 2.45) is 0 Å². The van der Waals surface area contributed by atoms with Crippen molar-refractivity contribution in [2.75, 3.05) is 13.7 Å². The standard InChI is InChI=1S/C16H23NO6/c1-10(19)17-13-15(22-9-11-6-4-3-5-7-11)14(21-2)12(8-18)23-16(13)20/h3-7,12-16,18,20H,8-9H2,1-2H3,(H,17,19)/t12-,13+,14-,15-,16?/m1/s1. The number of hydrogen-bond acceptors (Lipinski definition) is 6. The summed E-state index contributed by atoms with van der Waals surface area (Å²) in [6, 6.07) is 8.73. The Morgan fingerprint density at radius 1 is 1.30 bits per heavy atom. The van der Waals surface area contributed by atoms with E-state index in [0.717, 1.165) is 5.56 Å². The molecule has 1 saturated heterocycles. The SMILES string of the molecule is CO[C@H]1[C@H](OCc2ccccc2)[C@H](NC(C)=O)C(O)O[C@@H]1CO. The Morgan fingerprint density at radius 2 is 2.00 bits per heavy atom. The smallest absolute Gasteiger partial charge is 0.217 e. The normalized spacial score (nSPS) is 30.9. The number of ether oxygens (including phenoxy) is 3. The fourth-order valence-electron chi connectivity index (χ4n) is 2.71. The molecule has 23 heavy (non-hydrogen) atoms. The molecule has 0 spiro atoms. The van der Waals surface area contributed by atoms with Gasteiger partial charge in [0.15, 0.2) is 6.29 Å². The predicted molar refractivity (Wildman–Crippen MR) is 81.4 cm³/mol. The summed E-state index contributed by atoms with van der Waals surface area (Å²) >= 11 is 0. The first kappa shape index (κ1) is 17.8. The molecule has 0 aromatic heterocycles. The zero-order chi connectivity index (χ0) is 16.8. The van der Waals surface area contributed by atoms with Gasteiger partial charge in [-0.2, -0.15) is 0 Å². The monoisotopic (exact) mass is 325 g/mol. The summed E-state index contributed by atoms with van der Waals surface area (Å²) in [5, 5.41) is 22.2. The van der Waals surface area contributed by atoms with Crippen molar-refractivity contribution in [3.05, 3.63) is 35.9 Å². The van der Waals surface area contributed by atoms with E-state index < -0.39 is 30.6 Å². The van der Waals surface area contributed by atoms with Crippen LogP contribution in [-0.4, -0.2) is 60.5 Å². The molecular formula is C16H23NO6. The minimum Gasteiger partial charge on any atom is -0.394 e. The molecule has 1 heterocycles. The number of methoxy groups -OCH3 is 1. The highest BCUT2D eigenvalue weighted by atomic mass is 16.6. The molecule has 1 aromatic rings. The first-order chi connectivity index (χ1) is 11.1. The number of hydrogen-bond donors (Lipinski definition) is 3. The zero-order valence-electron chi connectivity index (χ0n) is 13.2. The Balaban J connectivity index is 2.16. The topological polar surface area (TPSA) is 97.3 Å². The van der Waals surface area contributed by atoms with E-state index in [2.05, 4.69) is 5.32 Å². The molecule has 1 unspecified atom stereocenters. The fourth-order valence-corrected chi connectivity index (χ4v) is 2.71. The second-order valence-electron chi connectivity index (χ2n) is 5.44. The lowest BCUT2D eigenvalue weighted by Gasteiger charge is -2.43. The van der Waals surface area contributed by atoms with Gasteiger partial charge in [-0.05, 0) is 5.56 Å². The van der Waals surface area contributed by atoms with Crippen molar-refractivity contribution in [3.63, 3.8) is 0 Å². The van der Waals surface area contributed by atoms with E-state index >= 15 is 0 Å². The van der Waals surface area contributed by atoms with Crippen LogP contribution >= 0.6 is 0 Å². The van der Waals surface area contributed by atoms with Gasteiger partial charge >= 0.3 is 0 Å². The van der Waals surface area contributed by atoms with E-state index in [1.807, 2.05) is 30.3 Å². The van der Waals surface area contributed by atoms with E-state index in [1.54, 1.807) is 0 Å². The van der Waals surface area contributed by atoms with Crippen LogP contribution in [0.15, 0.2) is 30.3 Å². The van der Waals surface area contributed by atoms with Crippen LogP contribution in [0.1, 0.15) is 12.5 Å². The second kappa shape index (κ2) is 8.37. The molecule has 0 aliphatic carbocycles. The molecule has 3 N–H and O–H groups in total. The van der Waals surface area contributed by atoms with Crippen molar-refractivity contribution in [1.82, 2.24) is 5.32 Å². The second-order valence-corrected chi connectivity index (χ2v) is 5.44. The van der Waals surface area contributed by atoms with Crippen LogP contribution in [0.3, 0.4) is 0 Å². The lowest BCUT2D eigenvalue weighted by molar-refractivity contribution is -0.268. The van der Waals surface area contributed by atoms with Crippen LogP contribution < -0.4 is 5.32 Å². The van der Waals surface area contributed by atoms with Crippen molar-refractivity contribution >= 4 is 5.91 Å². The van der Waals surface area contributed by atoms with Crippen LogP contribution in [-0.2, 0) is 25.6 Å². The van der Waals surface area contributed by atoms with Crippen molar-refractivity contribution < 1.29 is 29.2 Å². The van der Waals surface area contributed by atoms with Crippen molar-refractivity contribution in [3.8, 4) is 0 Å². The lowest BCUT2D eigenvalue weighted by Crippen LogP contribution is -2.65. The Kier molecular flexibility index (Phi) is 6.49. The molecule has 7 heteroatoms. The Hall–Kier alpha value is -1.51. The molecule has 0 bridgehead atoms. The molecule has 1 aliphatic rings. The Labute approximate surface area is 135 Å². The lowest BCUT2D eigenvalue weighted by atomic mass is 9.96. The third kappa shape index (κ3) is 4.49. The van der Waals surface area contributed by atoms with Gasteiger partial charge in [0.1, 0.15) is 24.4 Å². The molecule has 128 valence electrons. The summed E-state index contributed by atoms with van der Waals surface area (Å²) < 4.78 is 16.6. The summed E-state index contributed by atoms with van der Waals surface area (Å²) in [5.41, 5.74) is 0.949. The van der Waals surface area contributed by atoms with Crippen LogP contribution in [0.5, 0.6) is 0 Å². The van der Waals surface area contributed by atoms with Gasteiger partial charge in [-0.25, -0.2) is 0 Å². The Bertz CT molecular complexity index is 497. The zero-order valence-corrected chi connectivity index (χ0v) is 13.2. The van der Waals surface area contributed by atoms with Gasteiger partial charge in [0.2, 0.25) is 5.91 Å². The van der Waals surface area contributed by atoms with E-state index in [9.17, 15) is 15.0 Å². The molecule has 5 atom stereocenters. The summed E-state index contributed by atoms with van der Waals surface area (Å²) in [7, 11) is 1.47. The van der Waals surface area contributed by atoms with Crippen LogP contribution in [0.25, 0.3) is 0 Å². The number of aliphatic hydroxyl groups excluding tert-OH is 2. The number of benzene rings is 1. The maximum absolute atomic E-state index is 11.4. The quantitative estimate of drug-likeness (QED) is 0.670. The number of nitrogens with one attached hydrogen (secondary N) is 1. The molecule has 7 nitrogen and oxygen atoms in total. The summed E-state index contributed by atoms with van der Waals surface area (Å²) in [4.78, 5) is 11.4. The third-order valence-corrected chi connectivity index (χ3v) is 3.77. The van der Waals surface area contributed by atoms with Gasteiger partial charge in [0.25, 0.3) is 0 Å². The van der Waals surface area contributed by atoms with Gasteiger partial charge in [-0.1, -0.05) is 30.3 Å². The largest absolute Gasteiger partial charge is 0.394 e. The first-order valence-corrected chi connectivity index (χ1v) is 7.46. The number of rotatable bonds is 6.